The third-order valence-electron chi connectivity index (χ3n) is 2.35. The van der Waals surface area contributed by atoms with Crippen molar-refractivity contribution >= 4 is 5.97 Å². The summed E-state index contributed by atoms with van der Waals surface area (Å²) >= 11 is 0. The van der Waals surface area contributed by atoms with Gasteiger partial charge in [-0.05, 0) is 27.0 Å². The first-order valence-electron chi connectivity index (χ1n) is 6.21. The fourth-order valence-electron chi connectivity index (χ4n) is 1.64. The largest absolute Gasteiger partial charge is 0.493 e. The van der Waals surface area contributed by atoms with Crippen LogP contribution in [0.2, 0.25) is 0 Å². The van der Waals surface area contributed by atoms with Gasteiger partial charge in [0.2, 0.25) is 0 Å². The molecule has 1 aromatic rings. The second-order valence-corrected chi connectivity index (χ2v) is 4.31. The summed E-state index contributed by atoms with van der Waals surface area (Å²) in [5.74, 6) is 0.779. The van der Waals surface area contributed by atoms with E-state index < -0.39 is 5.97 Å². The van der Waals surface area contributed by atoms with E-state index >= 15 is 0 Å². The van der Waals surface area contributed by atoms with Gasteiger partial charge in [-0.1, -0.05) is 12.1 Å². The van der Waals surface area contributed by atoms with Crippen LogP contribution in [0.3, 0.4) is 0 Å². The summed E-state index contributed by atoms with van der Waals surface area (Å²) in [7, 11) is 3.41. The smallest absolute Gasteiger partial charge is 0.344 e. The van der Waals surface area contributed by atoms with Crippen molar-refractivity contribution in [1.82, 2.24) is 5.32 Å². The maximum absolute atomic E-state index is 11.5. The maximum atomic E-state index is 11.5. The Labute approximate surface area is 113 Å². The second-order valence-electron chi connectivity index (χ2n) is 4.31. The van der Waals surface area contributed by atoms with E-state index in [0.717, 1.165) is 5.56 Å². The molecule has 1 N–H and O–H groups in total. The second kappa shape index (κ2) is 7.63. The average molecular weight is 267 g/mol. The van der Waals surface area contributed by atoms with E-state index in [1.807, 2.05) is 19.2 Å². The molecule has 5 heteroatoms. The molecule has 0 amide bonds. The Morgan fingerprint density at radius 1 is 1.37 bits per heavy atom. The summed E-state index contributed by atoms with van der Waals surface area (Å²) in [6.45, 7) is 4.10. The highest BCUT2D eigenvalue weighted by Crippen LogP contribution is 2.31. The molecule has 0 saturated carbocycles. The third kappa shape index (κ3) is 4.79. The van der Waals surface area contributed by atoms with Crippen molar-refractivity contribution in [2.45, 2.75) is 26.5 Å². The summed E-state index contributed by atoms with van der Waals surface area (Å²) in [6.07, 6.45) is -0.148. The van der Waals surface area contributed by atoms with Gasteiger partial charge >= 0.3 is 5.97 Å². The lowest BCUT2D eigenvalue weighted by Gasteiger charge is -2.15. The molecule has 106 valence electrons. The van der Waals surface area contributed by atoms with E-state index in [2.05, 4.69) is 5.32 Å². The Morgan fingerprint density at radius 2 is 2.11 bits per heavy atom. The SMILES string of the molecule is CNCc1cccc(OC)c1OCC(=O)OC(C)C. The van der Waals surface area contributed by atoms with Crippen LogP contribution in [0, 0.1) is 0 Å². The van der Waals surface area contributed by atoms with Gasteiger partial charge in [0.15, 0.2) is 18.1 Å². The van der Waals surface area contributed by atoms with Crippen molar-refractivity contribution in [3.05, 3.63) is 23.8 Å². The minimum atomic E-state index is -0.392. The van der Waals surface area contributed by atoms with Crippen LogP contribution in [0.4, 0.5) is 0 Å². The Morgan fingerprint density at radius 3 is 2.68 bits per heavy atom. The summed E-state index contributed by atoms with van der Waals surface area (Å²) in [6, 6.07) is 5.59. The molecular formula is C14H21NO4. The zero-order valence-electron chi connectivity index (χ0n) is 11.9. The zero-order chi connectivity index (χ0) is 14.3. The molecule has 0 aromatic heterocycles. The Bertz CT molecular complexity index is 418. The molecule has 0 radical (unpaired) electrons. The number of benzene rings is 1. The Hall–Kier alpha value is -1.75. The van der Waals surface area contributed by atoms with Crippen LogP contribution < -0.4 is 14.8 Å². The quantitative estimate of drug-likeness (QED) is 0.763. The first-order valence-corrected chi connectivity index (χ1v) is 6.21. The number of methoxy groups -OCH3 is 1. The molecule has 5 nitrogen and oxygen atoms in total. The molecular weight excluding hydrogens is 246 g/mol. The molecule has 0 aliphatic rings. The lowest BCUT2D eigenvalue weighted by molar-refractivity contribution is -0.149. The Kier molecular flexibility index (Phi) is 6.15. The molecule has 0 aliphatic heterocycles. The lowest BCUT2D eigenvalue weighted by Crippen LogP contribution is -2.19. The van der Waals surface area contributed by atoms with E-state index in [-0.39, 0.29) is 12.7 Å². The monoisotopic (exact) mass is 267 g/mol. The van der Waals surface area contributed by atoms with Crippen molar-refractivity contribution in [1.29, 1.82) is 0 Å². The highest BCUT2D eigenvalue weighted by molar-refractivity contribution is 5.71. The van der Waals surface area contributed by atoms with Crippen LogP contribution in [0.1, 0.15) is 19.4 Å². The molecule has 0 fully saturated rings. The molecule has 19 heavy (non-hydrogen) atoms. The van der Waals surface area contributed by atoms with Gasteiger partial charge < -0.3 is 19.5 Å². The van der Waals surface area contributed by atoms with Crippen molar-refractivity contribution in [2.75, 3.05) is 20.8 Å². The fraction of sp³-hybridized carbons (Fsp3) is 0.500. The standard InChI is InChI=1S/C14H21NO4/c1-10(2)19-13(16)9-18-14-11(8-15-3)6-5-7-12(14)17-4/h5-7,10,15H,8-9H2,1-4H3. The van der Waals surface area contributed by atoms with Gasteiger partial charge in [0.25, 0.3) is 0 Å². The number of carbonyl (C=O) groups is 1. The summed E-state index contributed by atoms with van der Waals surface area (Å²) in [5.41, 5.74) is 0.930. The molecule has 1 aromatic carbocycles. The first kappa shape index (κ1) is 15.3. The highest BCUT2D eigenvalue weighted by Gasteiger charge is 2.13. The van der Waals surface area contributed by atoms with Crippen molar-refractivity contribution in [3.8, 4) is 11.5 Å². The molecule has 0 atom stereocenters. The number of nitrogens with one attached hydrogen (secondary N) is 1. The van der Waals surface area contributed by atoms with Crippen LogP contribution in [-0.2, 0) is 16.1 Å². The lowest BCUT2D eigenvalue weighted by atomic mass is 10.2. The van der Waals surface area contributed by atoms with Gasteiger partial charge in [-0.25, -0.2) is 4.79 Å². The number of esters is 1. The van der Waals surface area contributed by atoms with Crippen LogP contribution in [0.5, 0.6) is 11.5 Å². The maximum Gasteiger partial charge on any atom is 0.344 e. The molecule has 1 rings (SSSR count). The molecule has 0 aliphatic carbocycles. The minimum absolute atomic E-state index is 0.130. The molecule has 0 spiro atoms. The molecule has 0 heterocycles. The minimum Gasteiger partial charge on any atom is -0.493 e. The number of ether oxygens (including phenoxy) is 3. The van der Waals surface area contributed by atoms with Crippen molar-refractivity contribution < 1.29 is 19.0 Å². The zero-order valence-corrected chi connectivity index (χ0v) is 11.9. The van der Waals surface area contributed by atoms with Gasteiger partial charge in [-0.3, -0.25) is 0 Å². The molecule has 0 saturated heterocycles. The molecule has 0 bridgehead atoms. The fourth-order valence-corrected chi connectivity index (χ4v) is 1.64. The van der Waals surface area contributed by atoms with E-state index in [9.17, 15) is 4.79 Å². The average Bonchev–Trinajstić information content (AvgIpc) is 2.36. The van der Waals surface area contributed by atoms with Gasteiger partial charge in [0, 0.05) is 12.1 Å². The third-order valence-corrected chi connectivity index (χ3v) is 2.35. The van der Waals surface area contributed by atoms with E-state index in [0.29, 0.717) is 18.0 Å². The number of hydrogen-bond donors (Lipinski definition) is 1. The predicted molar refractivity (Wildman–Crippen MR) is 72.5 cm³/mol. The van der Waals surface area contributed by atoms with Gasteiger partial charge in [0.05, 0.1) is 13.2 Å². The number of para-hydroxylation sites is 1. The number of rotatable bonds is 7. The van der Waals surface area contributed by atoms with Crippen LogP contribution in [0.25, 0.3) is 0 Å². The number of hydrogen-bond acceptors (Lipinski definition) is 5. The Balaban J connectivity index is 2.77. The molecule has 0 unspecified atom stereocenters. The van der Waals surface area contributed by atoms with Crippen molar-refractivity contribution in [2.24, 2.45) is 0 Å². The number of carbonyl (C=O) groups excluding carboxylic acids is 1. The van der Waals surface area contributed by atoms with E-state index in [1.54, 1.807) is 27.0 Å². The summed E-state index contributed by atoms with van der Waals surface area (Å²) < 4.78 is 15.8. The summed E-state index contributed by atoms with van der Waals surface area (Å²) in [5, 5.41) is 3.04. The highest BCUT2D eigenvalue weighted by atomic mass is 16.6. The summed E-state index contributed by atoms with van der Waals surface area (Å²) in [4.78, 5) is 11.5. The topological polar surface area (TPSA) is 56.8 Å². The van der Waals surface area contributed by atoms with Crippen LogP contribution in [0.15, 0.2) is 18.2 Å². The normalized spacial score (nSPS) is 10.4. The van der Waals surface area contributed by atoms with Gasteiger partial charge in [-0.2, -0.15) is 0 Å². The van der Waals surface area contributed by atoms with Gasteiger partial charge in [0.1, 0.15) is 0 Å². The van der Waals surface area contributed by atoms with Gasteiger partial charge in [-0.15, -0.1) is 0 Å². The van der Waals surface area contributed by atoms with E-state index in [4.69, 9.17) is 14.2 Å². The van der Waals surface area contributed by atoms with Crippen molar-refractivity contribution in [3.63, 3.8) is 0 Å². The predicted octanol–water partition coefficient (Wildman–Crippen LogP) is 1.74. The van der Waals surface area contributed by atoms with E-state index in [1.165, 1.54) is 0 Å². The first-order chi connectivity index (χ1) is 9.08. The van der Waals surface area contributed by atoms with Crippen LogP contribution >= 0.6 is 0 Å². The van der Waals surface area contributed by atoms with Crippen LogP contribution in [-0.4, -0.2) is 32.8 Å².